The fraction of sp³-hybridized carbons (Fsp3) is 0.357. The van der Waals surface area contributed by atoms with E-state index in [2.05, 4.69) is 11.9 Å². The summed E-state index contributed by atoms with van der Waals surface area (Å²) in [4.78, 5) is 11.8. The molecule has 0 spiro atoms. The van der Waals surface area contributed by atoms with Gasteiger partial charge in [-0.05, 0) is 18.2 Å². The summed E-state index contributed by atoms with van der Waals surface area (Å²) >= 11 is 5.99. The SMILES string of the molecule is C=CCNC(=O)c1ccc(Cl)c(S(=O)(=O)N(CC)CC)c1. The smallest absolute Gasteiger partial charge is 0.251 e. The average molecular weight is 331 g/mol. The first-order valence-corrected chi connectivity index (χ1v) is 8.39. The van der Waals surface area contributed by atoms with Crippen molar-refractivity contribution in [1.82, 2.24) is 9.62 Å². The van der Waals surface area contributed by atoms with Gasteiger partial charge < -0.3 is 5.32 Å². The molecule has 116 valence electrons. The van der Waals surface area contributed by atoms with Crippen molar-refractivity contribution in [1.29, 1.82) is 0 Å². The standard InChI is InChI=1S/C14H19ClN2O3S/c1-4-9-16-14(18)11-7-8-12(15)13(10-11)21(19,20)17(5-2)6-3/h4,7-8,10H,1,5-6,9H2,2-3H3,(H,16,18). The van der Waals surface area contributed by atoms with E-state index in [0.717, 1.165) is 0 Å². The topological polar surface area (TPSA) is 66.5 Å². The quantitative estimate of drug-likeness (QED) is 0.780. The molecule has 1 aromatic rings. The number of carbonyl (C=O) groups is 1. The highest BCUT2D eigenvalue weighted by molar-refractivity contribution is 7.89. The lowest BCUT2D eigenvalue weighted by Crippen LogP contribution is -2.31. The van der Waals surface area contributed by atoms with E-state index >= 15 is 0 Å². The summed E-state index contributed by atoms with van der Waals surface area (Å²) in [5.41, 5.74) is 0.243. The Kier molecular flexibility index (Phi) is 6.39. The van der Waals surface area contributed by atoms with Crippen LogP contribution < -0.4 is 5.32 Å². The maximum absolute atomic E-state index is 12.5. The summed E-state index contributed by atoms with van der Waals surface area (Å²) in [6.45, 7) is 7.97. The van der Waals surface area contributed by atoms with Crippen LogP contribution in [-0.4, -0.2) is 38.3 Å². The van der Waals surface area contributed by atoms with Gasteiger partial charge in [0.2, 0.25) is 10.0 Å². The zero-order valence-electron chi connectivity index (χ0n) is 12.1. The van der Waals surface area contributed by atoms with Gasteiger partial charge in [-0.3, -0.25) is 4.79 Å². The lowest BCUT2D eigenvalue weighted by atomic mass is 10.2. The lowest BCUT2D eigenvalue weighted by Gasteiger charge is -2.19. The van der Waals surface area contributed by atoms with Gasteiger partial charge in [0.1, 0.15) is 4.90 Å². The van der Waals surface area contributed by atoms with Crippen LogP contribution in [0.1, 0.15) is 24.2 Å². The van der Waals surface area contributed by atoms with Crippen LogP contribution in [0.5, 0.6) is 0 Å². The zero-order chi connectivity index (χ0) is 16.0. The number of nitrogens with zero attached hydrogens (tertiary/aromatic N) is 1. The Hall–Kier alpha value is -1.37. The molecule has 0 radical (unpaired) electrons. The first-order valence-electron chi connectivity index (χ1n) is 6.57. The van der Waals surface area contributed by atoms with Crippen molar-refractivity contribution >= 4 is 27.5 Å². The Bertz CT molecular complexity index is 625. The number of sulfonamides is 1. The fourth-order valence-corrected chi connectivity index (χ4v) is 3.77. The number of halogens is 1. The van der Waals surface area contributed by atoms with E-state index in [1.807, 2.05) is 0 Å². The normalized spacial score (nSPS) is 11.4. The molecule has 0 heterocycles. The molecule has 0 aromatic heterocycles. The van der Waals surface area contributed by atoms with E-state index in [1.54, 1.807) is 19.9 Å². The molecule has 7 heteroatoms. The third-order valence-corrected chi connectivity index (χ3v) is 5.46. The highest BCUT2D eigenvalue weighted by Crippen LogP contribution is 2.25. The molecular formula is C14H19ClN2O3S. The minimum Gasteiger partial charge on any atom is -0.349 e. The van der Waals surface area contributed by atoms with Gasteiger partial charge in [0.15, 0.2) is 0 Å². The Morgan fingerprint density at radius 1 is 1.38 bits per heavy atom. The number of amides is 1. The minimum absolute atomic E-state index is 0.0564. The van der Waals surface area contributed by atoms with E-state index in [1.165, 1.54) is 22.5 Å². The van der Waals surface area contributed by atoms with Gasteiger partial charge in [0, 0.05) is 25.2 Å². The van der Waals surface area contributed by atoms with E-state index < -0.39 is 10.0 Å². The van der Waals surface area contributed by atoms with Crippen LogP contribution >= 0.6 is 11.6 Å². The fourth-order valence-electron chi connectivity index (χ4n) is 1.81. The Morgan fingerprint density at radius 2 is 2.00 bits per heavy atom. The molecule has 0 atom stereocenters. The summed E-state index contributed by atoms with van der Waals surface area (Å²) in [5.74, 6) is -0.373. The van der Waals surface area contributed by atoms with Crippen molar-refractivity contribution in [2.24, 2.45) is 0 Å². The summed E-state index contributed by atoms with van der Waals surface area (Å²) < 4.78 is 26.3. The zero-order valence-corrected chi connectivity index (χ0v) is 13.7. The number of hydrogen-bond acceptors (Lipinski definition) is 3. The van der Waals surface area contributed by atoms with Gasteiger partial charge in [-0.15, -0.1) is 6.58 Å². The van der Waals surface area contributed by atoms with E-state index in [0.29, 0.717) is 19.6 Å². The van der Waals surface area contributed by atoms with Crippen molar-refractivity contribution in [2.75, 3.05) is 19.6 Å². The molecule has 0 aliphatic carbocycles. The number of hydrogen-bond donors (Lipinski definition) is 1. The van der Waals surface area contributed by atoms with Crippen LogP contribution in [0.3, 0.4) is 0 Å². The van der Waals surface area contributed by atoms with Crippen molar-refractivity contribution in [2.45, 2.75) is 18.7 Å². The molecule has 5 nitrogen and oxygen atoms in total. The third-order valence-electron chi connectivity index (χ3n) is 2.92. The van der Waals surface area contributed by atoms with Gasteiger partial charge in [0.05, 0.1) is 5.02 Å². The lowest BCUT2D eigenvalue weighted by molar-refractivity contribution is 0.0958. The summed E-state index contributed by atoms with van der Waals surface area (Å²) in [5, 5.41) is 2.69. The predicted molar refractivity (Wildman–Crippen MR) is 84.1 cm³/mol. The van der Waals surface area contributed by atoms with E-state index in [9.17, 15) is 13.2 Å². The molecule has 1 amide bonds. The predicted octanol–water partition coefficient (Wildman–Crippen LogP) is 2.29. The van der Waals surface area contributed by atoms with Crippen LogP contribution in [0, 0.1) is 0 Å². The van der Waals surface area contributed by atoms with Crippen molar-refractivity contribution in [3.63, 3.8) is 0 Å². The number of rotatable bonds is 7. The van der Waals surface area contributed by atoms with E-state index in [4.69, 9.17) is 11.6 Å². The van der Waals surface area contributed by atoms with Crippen molar-refractivity contribution in [3.8, 4) is 0 Å². The van der Waals surface area contributed by atoms with Crippen molar-refractivity contribution in [3.05, 3.63) is 41.4 Å². The highest BCUT2D eigenvalue weighted by Gasteiger charge is 2.25. The summed E-state index contributed by atoms with van der Waals surface area (Å²) in [6.07, 6.45) is 1.54. The Morgan fingerprint density at radius 3 is 2.52 bits per heavy atom. The van der Waals surface area contributed by atoms with Crippen molar-refractivity contribution < 1.29 is 13.2 Å². The minimum atomic E-state index is -3.71. The van der Waals surface area contributed by atoms with Crippen LogP contribution in [0.25, 0.3) is 0 Å². The number of carbonyl (C=O) groups excluding carboxylic acids is 1. The van der Waals surface area contributed by atoms with Gasteiger partial charge in [-0.2, -0.15) is 4.31 Å². The first kappa shape index (κ1) is 17.7. The largest absolute Gasteiger partial charge is 0.349 e. The van der Waals surface area contributed by atoms with Gasteiger partial charge in [-0.1, -0.05) is 31.5 Å². The maximum atomic E-state index is 12.5. The molecule has 0 saturated carbocycles. The Balaban J connectivity index is 3.25. The second-order valence-electron chi connectivity index (χ2n) is 4.23. The van der Waals surface area contributed by atoms with Gasteiger partial charge in [-0.25, -0.2) is 8.42 Å². The highest BCUT2D eigenvalue weighted by atomic mass is 35.5. The molecule has 1 N–H and O–H groups in total. The molecule has 0 bridgehead atoms. The molecule has 0 aliphatic rings. The molecule has 1 rings (SSSR count). The summed E-state index contributed by atoms with van der Waals surface area (Å²) in [6, 6.07) is 4.21. The average Bonchev–Trinajstić information content (AvgIpc) is 2.46. The van der Waals surface area contributed by atoms with Crippen LogP contribution in [0.4, 0.5) is 0 Å². The molecule has 1 aromatic carbocycles. The number of benzene rings is 1. The summed E-state index contributed by atoms with van der Waals surface area (Å²) in [7, 11) is -3.71. The van der Waals surface area contributed by atoms with Crippen LogP contribution in [0.2, 0.25) is 5.02 Å². The van der Waals surface area contributed by atoms with Crippen LogP contribution in [0.15, 0.2) is 35.7 Å². The molecule has 0 saturated heterocycles. The molecular weight excluding hydrogens is 312 g/mol. The molecule has 0 fully saturated rings. The molecule has 0 aliphatic heterocycles. The monoisotopic (exact) mass is 330 g/mol. The van der Waals surface area contributed by atoms with Gasteiger partial charge >= 0.3 is 0 Å². The second-order valence-corrected chi connectivity index (χ2v) is 6.55. The van der Waals surface area contributed by atoms with Gasteiger partial charge in [0.25, 0.3) is 5.91 Å². The third kappa shape index (κ3) is 4.06. The van der Waals surface area contributed by atoms with E-state index in [-0.39, 0.29) is 21.4 Å². The van der Waals surface area contributed by atoms with Crippen LogP contribution in [-0.2, 0) is 10.0 Å². The first-order chi connectivity index (χ1) is 9.88. The number of nitrogens with one attached hydrogen (secondary N) is 1. The molecule has 0 unspecified atom stereocenters. The molecule has 21 heavy (non-hydrogen) atoms. The maximum Gasteiger partial charge on any atom is 0.251 e. The second kappa shape index (κ2) is 7.59. The Labute approximate surface area is 130 Å².